The van der Waals surface area contributed by atoms with Crippen molar-refractivity contribution in [3.05, 3.63) is 24.3 Å². The maximum Gasteiger partial charge on any atom is 0.152 e. The van der Waals surface area contributed by atoms with Gasteiger partial charge in [-0.05, 0) is 30.7 Å². The van der Waals surface area contributed by atoms with Gasteiger partial charge in [-0.1, -0.05) is 0 Å². The zero-order valence-electron chi connectivity index (χ0n) is 9.14. The van der Waals surface area contributed by atoms with Gasteiger partial charge in [0.1, 0.15) is 5.75 Å². The summed E-state index contributed by atoms with van der Waals surface area (Å²) in [5.74, 6) is 1.32. The Hall–Kier alpha value is -1.23. The molecular formula is C11H15NO3S. The second-order valence-electron chi connectivity index (χ2n) is 3.97. The minimum atomic E-state index is -2.82. The minimum absolute atomic E-state index is 0.0402. The topological polar surface area (TPSA) is 55.4 Å². The minimum Gasteiger partial charge on any atom is -0.497 e. The lowest BCUT2D eigenvalue weighted by Gasteiger charge is -2.12. The van der Waals surface area contributed by atoms with Crippen LogP contribution in [-0.2, 0) is 9.84 Å². The molecule has 0 saturated carbocycles. The quantitative estimate of drug-likeness (QED) is 0.866. The summed E-state index contributed by atoms with van der Waals surface area (Å²) in [6.07, 6.45) is 0.689. The molecule has 1 atom stereocenters. The summed E-state index contributed by atoms with van der Waals surface area (Å²) >= 11 is 0. The van der Waals surface area contributed by atoms with Crippen LogP contribution in [0.15, 0.2) is 24.3 Å². The predicted octanol–water partition coefficient (Wildman–Crippen LogP) is 1.29. The fourth-order valence-corrected chi connectivity index (χ4v) is 3.51. The fourth-order valence-electron chi connectivity index (χ4n) is 1.83. The number of anilines is 1. The van der Waals surface area contributed by atoms with Crippen molar-refractivity contribution in [2.24, 2.45) is 0 Å². The van der Waals surface area contributed by atoms with Crippen LogP contribution >= 0.6 is 0 Å². The average molecular weight is 241 g/mol. The second kappa shape index (κ2) is 4.33. The smallest absolute Gasteiger partial charge is 0.152 e. The molecule has 1 saturated heterocycles. The van der Waals surface area contributed by atoms with E-state index in [1.54, 1.807) is 7.11 Å². The van der Waals surface area contributed by atoms with Gasteiger partial charge >= 0.3 is 0 Å². The van der Waals surface area contributed by atoms with Crippen molar-refractivity contribution in [2.75, 3.05) is 23.9 Å². The standard InChI is InChI=1S/C11H15NO3S/c1-15-11-4-2-9(3-5-11)12-10-6-7-16(13,14)8-10/h2-5,10,12H,6-8H2,1H3/t10-/m1/s1. The first kappa shape index (κ1) is 11.3. The maximum absolute atomic E-state index is 11.3. The molecule has 1 aromatic carbocycles. The van der Waals surface area contributed by atoms with Gasteiger partial charge in [-0.2, -0.15) is 0 Å². The van der Waals surface area contributed by atoms with E-state index in [2.05, 4.69) is 5.32 Å². The van der Waals surface area contributed by atoms with Crippen molar-refractivity contribution in [3.63, 3.8) is 0 Å². The van der Waals surface area contributed by atoms with Gasteiger partial charge in [-0.15, -0.1) is 0 Å². The summed E-state index contributed by atoms with van der Waals surface area (Å²) < 4.78 is 27.6. The molecule has 1 aliphatic rings. The molecule has 0 unspecified atom stereocenters. The van der Waals surface area contributed by atoms with E-state index < -0.39 is 9.84 Å². The largest absolute Gasteiger partial charge is 0.497 e. The van der Waals surface area contributed by atoms with Crippen LogP contribution in [0.25, 0.3) is 0 Å². The zero-order valence-corrected chi connectivity index (χ0v) is 9.96. The molecule has 1 fully saturated rings. The third-order valence-electron chi connectivity index (χ3n) is 2.69. The Morgan fingerprint density at radius 2 is 2.00 bits per heavy atom. The third kappa shape index (κ3) is 2.66. The Bertz CT molecular complexity index is 453. The maximum atomic E-state index is 11.3. The molecule has 88 valence electrons. The summed E-state index contributed by atoms with van der Waals surface area (Å²) in [5.41, 5.74) is 0.933. The van der Waals surface area contributed by atoms with E-state index in [0.29, 0.717) is 12.2 Å². The molecule has 4 nitrogen and oxygen atoms in total. The lowest BCUT2D eigenvalue weighted by Crippen LogP contribution is -2.20. The monoisotopic (exact) mass is 241 g/mol. The van der Waals surface area contributed by atoms with Crippen molar-refractivity contribution in [1.29, 1.82) is 0 Å². The van der Waals surface area contributed by atoms with E-state index in [1.165, 1.54) is 0 Å². The van der Waals surface area contributed by atoms with E-state index in [-0.39, 0.29) is 11.8 Å². The fraction of sp³-hybridized carbons (Fsp3) is 0.455. The van der Waals surface area contributed by atoms with Crippen molar-refractivity contribution >= 4 is 15.5 Å². The van der Waals surface area contributed by atoms with E-state index in [0.717, 1.165) is 11.4 Å². The van der Waals surface area contributed by atoms with Crippen LogP contribution in [-0.4, -0.2) is 33.1 Å². The Kier molecular flexibility index (Phi) is 3.05. The molecule has 1 aliphatic heterocycles. The van der Waals surface area contributed by atoms with E-state index >= 15 is 0 Å². The molecule has 1 aromatic rings. The number of hydrogen-bond donors (Lipinski definition) is 1. The van der Waals surface area contributed by atoms with Crippen LogP contribution in [0.1, 0.15) is 6.42 Å². The molecule has 5 heteroatoms. The van der Waals surface area contributed by atoms with E-state index in [1.807, 2.05) is 24.3 Å². The molecule has 0 aromatic heterocycles. The van der Waals surface area contributed by atoms with Gasteiger partial charge in [0, 0.05) is 11.7 Å². The van der Waals surface area contributed by atoms with E-state index in [4.69, 9.17) is 4.74 Å². The molecule has 2 rings (SSSR count). The summed E-state index contributed by atoms with van der Waals surface area (Å²) in [4.78, 5) is 0. The summed E-state index contributed by atoms with van der Waals surface area (Å²) in [5, 5.41) is 3.21. The van der Waals surface area contributed by atoms with Crippen LogP contribution in [0.4, 0.5) is 5.69 Å². The van der Waals surface area contributed by atoms with Crippen LogP contribution < -0.4 is 10.1 Å². The lowest BCUT2D eigenvalue weighted by atomic mass is 10.2. The van der Waals surface area contributed by atoms with Gasteiger partial charge in [0.05, 0.1) is 18.6 Å². The van der Waals surface area contributed by atoms with Gasteiger partial charge in [-0.25, -0.2) is 8.42 Å². The van der Waals surface area contributed by atoms with Crippen LogP contribution in [0, 0.1) is 0 Å². The Balaban J connectivity index is 1.99. The molecule has 1 heterocycles. The highest BCUT2D eigenvalue weighted by atomic mass is 32.2. The SMILES string of the molecule is COc1ccc(N[C@@H]2CCS(=O)(=O)C2)cc1. The van der Waals surface area contributed by atoms with Crippen molar-refractivity contribution in [1.82, 2.24) is 0 Å². The molecule has 0 aliphatic carbocycles. The number of rotatable bonds is 3. The predicted molar refractivity (Wildman–Crippen MR) is 63.7 cm³/mol. The van der Waals surface area contributed by atoms with Gasteiger partial charge in [-0.3, -0.25) is 0 Å². The normalized spacial score (nSPS) is 22.9. The molecule has 0 amide bonds. The second-order valence-corrected chi connectivity index (χ2v) is 6.20. The summed E-state index contributed by atoms with van der Waals surface area (Å²) in [7, 11) is -1.20. The number of sulfone groups is 1. The third-order valence-corrected chi connectivity index (χ3v) is 4.46. The summed E-state index contributed by atoms with van der Waals surface area (Å²) in [6, 6.07) is 7.53. The Morgan fingerprint density at radius 1 is 1.31 bits per heavy atom. The van der Waals surface area contributed by atoms with Crippen molar-refractivity contribution in [2.45, 2.75) is 12.5 Å². The van der Waals surface area contributed by atoms with Crippen LogP contribution in [0.5, 0.6) is 5.75 Å². The molecule has 0 bridgehead atoms. The van der Waals surface area contributed by atoms with Gasteiger partial charge in [0.2, 0.25) is 0 Å². The highest BCUT2D eigenvalue weighted by molar-refractivity contribution is 7.91. The zero-order chi connectivity index (χ0) is 11.6. The van der Waals surface area contributed by atoms with Crippen molar-refractivity contribution < 1.29 is 13.2 Å². The molecule has 0 spiro atoms. The number of hydrogen-bond acceptors (Lipinski definition) is 4. The number of nitrogens with one attached hydrogen (secondary N) is 1. The number of benzene rings is 1. The van der Waals surface area contributed by atoms with Gasteiger partial charge in [0.15, 0.2) is 9.84 Å². The summed E-state index contributed by atoms with van der Waals surface area (Å²) in [6.45, 7) is 0. The Morgan fingerprint density at radius 3 is 2.50 bits per heavy atom. The van der Waals surface area contributed by atoms with Crippen molar-refractivity contribution in [3.8, 4) is 5.75 Å². The van der Waals surface area contributed by atoms with Gasteiger partial charge in [0.25, 0.3) is 0 Å². The lowest BCUT2D eigenvalue weighted by molar-refractivity contribution is 0.415. The van der Waals surface area contributed by atoms with Gasteiger partial charge < -0.3 is 10.1 Å². The first-order chi connectivity index (χ1) is 7.59. The number of methoxy groups -OCH3 is 1. The first-order valence-corrected chi connectivity index (χ1v) is 7.02. The van der Waals surface area contributed by atoms with Crippen LogP contribution in [0.2, 0.25) is 0 Å². The first-order valence-electron chi connectivity index (χ1n) is 5.20. The molecular weight excluding hydrogens is 226 g/mol. The molecule has 0 radical (unpaired) electrons. The number of ether oxygens (including phenoxy) is 1. The average Bonchev–Trinajstić information content (AvgIpc) is 2.59. The highest BCUT2D eigenvalue weighted by Gasteiger charge is 2.27. The van der Waals surface area contributed by atoms with Crippen LogP contribution in [0.3, 0.4) is 0 Å². The Labute approximate surface area is 95.5 Å². The molecule has 16 heavy (non-hydrogen) atoms. The highest BCUT2D eigenvalue weighted by Crippen LogP contribution is 2.19. The molecule has 1 N–H and O–H groups in total. The van der Waals surface area contributed by atoms with E-state index in [9.17, 15) is 8.42 Å².